The van der Waals surface area contributed by atoms with Gasteiger partial charge in [0.05, 0.1) is 12.2 Å². The van der Waals surface area contributed by atoms with Gasteiger partial charge in [-0.05, 0) is 36.8 Å². The first-order valence-electron chi connectivity index (χ1n) is 7.20. The van der Waals surface area contributed by atoms with E-state index in [2.05, 4.69) is 5.32 Å². The van der Waals surface area contributed by atoms with E-state index < -0.39 is 5.97 Å². The molecule has 0 heterocycles. The number of anilines is 1. The summed E-state index contributed by atoms with van der Waals surface area (Å²) in [7, 11) is 1.61. The van der Waals surface area contributed by atoms with Crippen molar-refractivity contribution in [1.29, 1.82) is 0 Å². The molecule has 1 amide bonds. The first kappa shape index (κ1) is 16.7. The fraction of sp³-hybridized carbons (Fsp3) is 0.222. The second-order valence-corrected chi connectivity index (χ2v) is 5.12. The Morgan fingerprint density at radius 3 is 2.26 bits per heavy atom. The van der Waals surface area contributed by atoms with Crippen LogP contribution in [0.4, 0.5) is 5.69 Å². The third kappa shape index (κ3) is 5.23. The van der Waals surface area contributed by atoms with Crippen LogP contribution in [0.25, 0.3) is 0 Å². The molecule has 0 bridgehead atoms. The highest BCUT2D eigenvalue weighted by atomic mass is 16.5. The Morgan fingerprint density at radius 2 is 1.65 bits per heavy atom. The molecule has 0 saturated heterocycles. The number of rotatable bonds is 6. The van der Waals surface area contributed by atoms with Crippen molar-refractivity contribution < 1.29 is 19.1 Å². The molecule has 0 fully saturated rings. The summed E-state index contributed by atoms with van der Waals surface area (Å²) in [5, 5.41) is 2.67. The van der Waals surface area contributed by atoms with E-state index in [9.17, 15) is 9.59 Å². The molecule has 0 aromatic heterocycles. The van der Waals surface area contributed by atoms with Gasteiger partial charge >= 0.3 is 5.97 Å². The number of esters is 1. The van der Waals surface area contributed by atoms with Crippen LogP contribution in [0, 0.1) is 6.92 Å². The second kappa shape index (κ2) is 8.10. The quantitative estimate of drug-likeness (QED) is 0.833. The minimum atomic E-state index is -0.534. The molecule has 0 atom stereocenters. The molecule has 1 N–H and O–H groups in total. The van der Waals surface area contributed by atoms with Gasteiger partial charge in [-0.15, -0.1) is 0 Å². The predicted molar refractivity (Wildman–Crippen MR) is 87.2 cm³/mol. The van der Waals surface area contributed by atoms with Gasteiger partial charge in [0.15, 0.2) is 6.61 Å². The van der Waals surface area contributed by atoms with Gasteiger partial charge in [-0.1, -0.05) is 29.8 Å². The van der Waals surface area contributed by atoms with Gasteiger partial charge in [-0.3, -0.25) is 4.79 Å². The number of carbonyl (C=O) groups is 2. The van der Waals surface area contributed by atoms with Crippen molar-refractivity contribution in [2.75, 3.05) is 19.0 Å². The summed E-state index contributed by atoms with van der Waals surface area (Å²) in [5.41, 5.74) is 3.13. The summed E-state index contributed by atoms with van der Waals surface area (Å²) in [6, 6.07) is 14.2. The maximum Gasteiger partial charge on any atom is 0.338 e. The molecule has 0 saturated carbocycles. The Labute approximate surface area is 135 Å². The van der Waals surface area contributed by atoms with Crippen LogP contribution >= 0.6 is 0 Å². The number of aryl methyl sites for hydroxylation is 1. The highest BCUT2D eigenvalue weighted by molar-refractivity contribution is 5.95. The largest absolute Gasteiger partial charge is 0.452 e. The van der Waals surface area contributed by atoms with E-state index in [0.717, 1.165) is 11.1 Å². The van der Waals surface area contributed by atoms with Crippen LogP contribution in [-0.4, -0.2) is 25.6 Å². The van der Waals surface area contributed by atoms with E-state index in [4.69, 9.17) is 9.47 Å². The maximum absolute atomic E-state index is 11.9. The lowest BCUT2D eigenvalue weighted by atomic mass is 10.1. The summed E-state index contributed by atoms with van der Waals surface area (Å²) in [4.78, 5) is 23.6. The maximum atomic E-state index is 11.9. The Hall–Kier alpha value is -2.66. The molecule has 0 aliphatic heterocycles. The first-order chi connectivity index (χ1) is 11.1. The number of benzene rings is 2. The van der Waals surface area contributed by atoms with Crippen molar-refractivity contribution in [2.45, 2.75) is 13.5 Å². The van der Waals surface area contributed by atoms with Crippen molar-refractivity contribution >= 4 is 17.6 Å². The molecule has 0 spiro atoms. The summed E-state index contributed by atoms with van der Waals surface area (Å²) in [5.74, 6) is -0.911. The minimum Gasteiger partial charge on any atom is -0.452 e. The van der Waals surface area contributed by atoms with E-state index in [1.54, 1.807) is 43.5 Å². The average Bonchev–Trinajstić information content (AvgIpc) is 2.56. The highest BCUT2D eigenvalue weighted by Crippen LogP contribution is 2.09. The van der Waals surface area contributed by atoms with Gasteiger partial charge in [0.1, 0.15) is 0 Å². The number of ether oxygens (including phenoxy) is 2. The highest BCUT2D eigenvalue weighted by Gasteiger charge is 2.10. The lowest BCUT2D eigenvalue weighted by molar-refractivity contribution is -0.119. The standard InChI is InChI=1S/C18H19NO4/c1-13-3-9-16(10-4-13)19-17(20)12-23-18(21)15-7-5-14(6-8-15)11-22-2/h3-10H,11-12H2,1-2H3,(H,19,20). The van der Waals surface area contributed by atoms with Crippen LogP contribution in [0.3, 0.4) is 0 Å². The molecule has 5 nitrogen and oxygen atoms in total. The van der Waals surface area contributed by atoms with Crippen molar-refractivity contribution in [1.82, 2.24) is 0 Å². The van der Waals surface area contributed by atoms with Crippen LogP contribution in [0.5, 0.6) is 0 Å². The molecule has 2 aromatic carbocycles. The van der Waals surface area contributed by atoms with Crippen molar-refractivity contribution in [3.05, 3.63) is 65.2 Å². The Balaban J connectivity index is 1.83. The molecule has 2 aromatic rings. The Bertz CT molecular complexity index is 662. The SMILES string of the molecule is COCc1ccc(C(=O)OCC(=O)Nc2ccc(C)cc2)cc1. The fourth-order valence-corrected chi connectivity index (χ4v) is 1.95. The number of methoxy groups -OCH3 is 1. The van der Waals surface area contributed by atoms with E-state index in [1.807, 2.05) is 19.1 Å². The van der Waals surface area contributed by atoms with Gasteiger partial charge in [0, 0.05) is 12.8 Å². The Kier molecular flexibility index (Phi) is 5.88. The molecule has 120 valence electrons. The molecule has 0 aliphatic rings. The van der Waals surface area contributed by atoms with E-state index in [0.29, 0.717) is 17.9 Å². The van der Waals surface area contributed by atoms with Gasteiger partial charge in [-0.2, -0.15) is 0 Å². The zero-order valence-corrected chi connectivity index (χ0v) is 13.2. The van der Waals surface area contributed by atoms with Crippen LogP contribution < -0.4 is 5.32 Å². The number of hydrogen-bond acceptors (Lipinski definition) is 4. The van der Waals surface area contributed by atoms with Crippen LogP contribution in [0.15, 0.2) is 48.5 Å². The topological polar surface area (TPSA) is 64.6 Å². The third-order valence-corrected chi connectivity index (χ3v) is 3.17. The van der Waals surface area contributed by atoms with Crippen LogP contribution in [0.1, 0.15) is 21.5 Å². The number of carbonyl (C=O) groups excluding carboxylic acids is 2. The zero-order chi connectivity index (χ0) is 16.7. The zero-order valence-electron chi connectivity index (χ0n) is 13.2. The van der Waals surface area contributed by atoms with Crippen molar-refractivity contribution in [2.24, 2.45) is 0 Å². The third-order valence-electron chi connectivity index (χ3n) is 3.17. The molecule has 5 heteroatoms. The fourth-order valence-electron chi connectivity index (χ4n) is 1.95. The van der Waals surface area contributed by atoms with E-state index in [-0.39, 0.29) is 12.5 Å². The van der Waals surface area contributed by atoms with E-state index >= 15 is 0 Å². The average molecular weight is 313 g/mol. The Morgan fingerprint density at radius 1 is 1.00 bits per heavy atom. The molecular weight excluding hydrogens is 294 g/mol. The van der Waals surface area contributed by atoms with Crippen LogP contribution in [0.2, 0.25) is 0 Å². The molecule has 2 rings (SSSR count). The predicted octanol–water partition coefficient (Wildman–Crippen LogP) is 2.94. The monoisotopic (exact) mass is 313 g/mol. The van der Waals surface area contributed by atoms with Gasteiger partial charge < -0.3 is 14.8 Å². The smallest absolute Gasteiger partial charge is 0.338 e. The lowest BCUT2D eigenvalue weighted by Crippen LogP contribution is -2.20. The lowest BCUT2D eigenvalue weighted by Gasteiger charge is -2.07. The number of nitrogens with one attached hydrogen (secondary N) is 1. The second-order valence-electron chi connectivity index (χ2n) is 5.12. The summed E-state index contributed by atoms with van der Waals surface area (Å²) < 4.78 is 10.0. The van der Waals surface area contributed by atoms with E-state index in [1.165, 1.54) is 0 Å². The van der Waals surface area contributed by atoms with Crippen molar-refractivity contribution in [3.63, 3.8) is 0 Å². The molecule has 0 unspecified atom stereocenters. The van der Waals surface area contributed by atoms with Gasteiger partial charge in [-0.25, -0.2) is 4.79 Å². The summed E-state index contributed by atoms with van der Waals surface area (Å²) in [6.45, 7) is 2.12. The molecule has 0 radical (unpaired) electrons. The van der Waals surface area contributed by atoms with Crippen LogP contribution in [-0.2, 0) is 20.9 Å². The summed E-state index contributed by atoms with van der Waals surface area (Å²) >= 11 is 0. The van der Waals surface area contributed by atoms with Gasteiger partial charge in [0.25, 0.3) is 5.91 Å². The first-order valence-corrected chi connectivity index (χ1v) is 7.20. The minimum absolute atomic E-state index is 0.327. The number of amides is 1. The number of hydrogen-bond donors (Lipinski definition) is 1. The van der Waals surface area contributed by atoms with Crippen molar-refractivity contribution in [3.8, 4) is 0 Å². The molecule has 23 heavy (non-hydrogen) atoms. The molecular formula is C18H19NO4. The summed E-state index contributed by atoms with van der Waals surface area (Å²) in [6.07, 6.45) is 0. The van der Waals surface area contributed by atoms with Gasteiger partial charge in [0.2, 0.25) is 0 Å². The molecule has 0 aliphatic carbocycles. The normalized spacial score (nSPS) is 10.2.